The summed E-state index contributed by atoms with van der Waals surface area (Å²) in [4.78, 5) is 14.4. The largest absolute Gasteiger partial charge is 0.379 e. The van der Waals surface area contributed by atoms with Gasteiger partial charge in [0, 0.05) is 24.6 Å². The van der Waals surface area contributed by atoms with Crippen molar-refractivity contribution in [3.63, 3.8) is 0 Å². The fourth-order valence-corrected chi connectivity index (χ4v) is 3.43. The summed E-state index contributed by atoms with van der Waals surface area (Å²) in [7, 11) is 0. The van der Waals surface area contributed by atoms with Gasteiger partial charge in [-0.1, -0.05) is 0 Å². The second-order valence-corrected chi connectivity index (χ2v) is 7.18. The minimum Gasteiger partial charge on any atom is -0.379 e. The molecule has 1 fully saturated rings. The van der Waals surface area contributed by atoms with Gasteiger partial charge in [-0.2, -0.15) is 5.10 Å². The minimum atomic E-state index is -0.162. The number of carbonyl (C=O) groups excluding carboxylic acids is 1. The van der Waals surface area contributed by atoms with Gasteiger partial charge in [-0.3, -0.25) is 9.89 Å². The maximum Gasteiger partial charge on any atom is 0.271 e. The van der Waals surface area contributed by atoms with Crippen LogP contribution in [0.4, 0.5) is 0 Å². The molecule has 0 bridgehead atoms. The highest BCUT2D eigenvalue weighted by molar-refractivity contribution is 7.15. The van der Waals surface area contributed by atoms with Gasteiger partial charge in [-0.05, 0) is 44.4 Å². The Balaban J connectivity index is 1.35. The Hall–Kier alpha value is -1.70. The topological polar surface area (TPSA) is 76.2 Å². The summed E-state index contributed by atoms with van der Waals surface area (Å²) in [6.45, 7) is 4.75. The number of nitrogens with zero attached hydrogens (tertiary/aromatic N) is 1. The smallest absolute Gasteiger partial charge is 0.271 e. The maximum absolute atomic E-state index is 12.1. The third-order valence-electron chi connectivity index (χ3n) is 3.90. The number of amides is 1. The molecule has 2 aromatic rings. The zero-order valence-electron chi connectivity index (χ0n) is 13.8. The van der Waals surface area contributed by atoms with E-state index in [1.807, 2.05) is 6.07 Å². The molecule has 24 heavy (non-hydrogen) atoms. The quantitative estimate of drug-likeness (QED) is 0.719. The van der Waals surface area contributed by atoms with Crippen LogP contribution in [0, 0.1) is 6.92 Å². The highest BCUT2D eigenvalue weighted by Gasteiger charge is 2.15. The Kier molecular flexibility index (Phi) is 6.01. The number of aromatic nitrogens is 2. The number of aryl methyl sites for hydroxylation is 1. The molecule has 0 spiro atoms. The number of ether oxygens (including phenoxy) is 2. The summed E-state index contributed by atoms with van der Waals surface area (Å²) in [5, 5.41) is 9.88. The van der Waals surface area contributed by atoms with Crippen molar-refractivity contribution in [2.45, 2.75) is 32.3 Å². The molecule has 0 aliphatic carbocycles. The summed E-state index contributed by atoms with van der Waals surface area (Å²) < 4.78 is 11.1. The average Bonchev–Trinajstić information content (AvgIpc) is 3.31. The molecule has 3 rings (SSSR count). The molecule has 1 atom stereocenters. The third-order valence-corrected chi connectivity index (χ3v) is 4.93. The lowest BCUT2D eigenvalue weighted by atomic mass is 10.2. The fourth-order valence-electron chi connectivity index (χ4n) is 2.60. The first-order chi connectivity index (χ1) is 11.7. The van der Waals surface area contributed by atoms with E-state index < -0.39 is 0 Å². The SMILES string of the molecule is Cc1ccc(-c2cc(C(=O)NCCCOC[C@@H]3CCCO3)n[nH]2)s1. The van der Waals surface area contributed by atoms with Crippen molar-refractivity contribution in [2.24, 2.45) is 0 Å². The molecule has 0 unspecified atom stereocenters. The molecular weight excluding hydrogens is 326 g/mol. The highest BCUT2D eigenvalue weighted by Crippen LogP contribution is 2.26. The number of hydrogen-bond acceptors (Lipinski definition) is 5. The van der Waals surface area contributed by atoms with E-state index in [4.69, 9.17) is 9.47 Å². The maximum atomic E-state index is 12.1. The molecule has 0 saturated carbocycles. The number of hydrogen-bond donors (Lipinski definition) is 2. The van der Waals surface area contributed by atoms with Crippen molar-refractivity contribution in [1.82, 2.24) is 15.5 Å². The summed E-state index contributed by atoms with van der Waals surface area (Å²) in [6, 6.07) is 5.87. The van der Waals surface area contributed by atoms with Crippen LogP contribution in [0.3, 0.4) is 0 Å². The molecule has 1 aliphatic heterocycles. The summed E-state index contributed by atoms with van der Waals surface area (Å²) in [5.41, 5.74) is 1.29. The first kappa shape index (κ1) is 17.1. The molecule has 6 nitrogen and oxygen atoms in total. The van der Waals surface area contributed by atoms with E-state index in [9.17, 15) is 4.79 Å². The molecular formula is C17H23N3O3S. The van der Waals surface area contributed by atoms with Gasteiger partial charge in [0.2, 0.25) is 0 Å². The second-order valence-electron chi connectivity index (χ2n) is 5.90. The van der Waals surface area contributed by atoms with Gasteiger partial charge >= 0.3 is 0 Å². The Morgan fingerprint density at radius 1 is 1.54 bits per heavy atom. The van der Waals surface area contributed by atoms with Gasteiger partial charge in [0.1, 0.15) is 0 Å². The van der Waals surface area contributed by atoms with Gasteiger partial charge < -0.3 is 14.8 Å². The number of rotatable bonds is 8. The molecule has 2 N–H and O–H groups in total. The van der Waals surface area contributed by atoms with E-state index in [0.29, 0.717) is 25.5 Å². The van der Waals surface area contributed by atoms with E-state index in [2.05, 4.69) is 28.5 Å². The van der Waals surface area contributed by atoms with Crippen molar-refractivity contribution in [2.75, 3.05) is 26.4 Å². The Bertz CT molecular complexity index is 662. The van der Waals surface area contributed by atoms with Gasteiger partial charge in [-0.15, -0.1) is 11.3 Å². The zero-order chi connectivity index (χ0) is 16.8. The van der Waals surface area contributed by atoms with Crippen LogP contribution in [0.15, 0.2) is 18.2 Å². The Morgan fingerprint density at radius 2 is 2.46 bits per heavy atom. The van der Waals surface area contributed by atoms with Crippen molar-refractivity contribution in [3.8, 4) is 10.6 Å². The molecule has 0 aromatic carbocycles. The van der Waals surface area contributed by atoms with Gasteiger partial charge in [0.25, 0.3) is 5.91 Å². The van der Waals surface area contributed by atoms with Crippen molar-refractivity contribution in [1.29, 1.82) is 0 Å². The van der Waals surface area contributed by atoms with Gasteiger partial charge in [0.05, 0.1) is 23.3 Å². The average molecular weight is 349 g/mol. The standard InChI is InChI=1S/C17H23N3O3S/c1-12-5-6-16(24-12)14-10-15(20-19-14)17(21)18-7-3-8-22-11-13-4-2-9-23-13/h5-6,10,13H,2-4,7-9,11H2,1H3,(H,18,21)(H,19,20)/t13-/m0/s1. The molecule has 2 aromatic heterocycles. The number of H-pyrrole nitrogens is 1. The fraction of sp³-hybridized carbons (Fsp3) is 0.529. The van der Waals surface area contributed by atoms with Gasteiger partial charge in [-0.25, -0.2) is 0 Å². The van der Waals surface area contributed by atoms with Crippen LogP contribution in [-0.4, -0.2) is 48.6 Å². The van der Waals surface area contributed by atoms with Crippen molar-refractivity contribution in [3.05, 3.63) is 28.8 Å². The second kappa shape index (κ2) is 8.41. The number of nitrogens with one attached hydrogen (secondary N) is 2. The molecule has 7 heteroatoms. The van der Waals surface area contributed by atoms with Crippen LogP contribution < -0.4 is 5.32 Å². The van der Waals surface area contributed by atoms with E-state index in [1.54, 1.807) is 17.4 Å². The van der Waals surface area contributed by atoms with Crippen LogP contribution in [0.5, 0.6) is 0 Å². The summed E-state index contributed by atoms with van der Waals surface area (Å²) >= 11 is 1.67. The van der Waals surface area contributed by atoms with Crippen LogP contribution in [0.2, 0.25) is 0 Å². The van der Waals surface area contributed by atoms with Crippen LogP contribution in [0.1, 0.15) is 34.6 Å². The number of aromatic amines is 1. The lowest BCUT2D eigenvalue weighted by Gasteiger charge is -2.10. The van der Waals surface area contributed by atoms with E-state index in [-0.39, 0.29) is 12.0 Å². The minimum absolute atomic E-state index is 0.162. The third kappa shape index (κ3) is 4.66. The summed E-state index contributed by atoms with van der Waals surface area (Å²) in [6.07, 6.45) is 3.24. The Labute approximate surface area is 145 Å². The van der Waals surface area contributed by atoms with Crippen LogP contribution in [-0.2, 0) is 9.47 Å². The molecule has 1 amide bonds. The number of thiophene rings is 1. The zero-order valence-corrected chi connectivity index (χ0v) is 14.7. The lowest BCUT2D eigenvalue weighted by molar-refractivity contribution is 0.0166. The van der Waals surface area contributed by atoms with Crippen LogP contribution in [0.25, 0.3) is 10.6 Å². The van der Waals surface area contributed by atoms with E-state index in [1.165, 1.54) is 4.88 Å². The first-order valence-corrected chi connectivity index (χ1v) is 9.14. The lowest BCUT2D eigenvalue weighted by Crippen LogP contribution is -2.26. The molecule has 1 aliphatic rings. The molecule has 3 heterocycles. The van der Waals surface area contributed by atoms with Crippen molar-refractivity contribution >= 4 is 17.2 Å². The normalized spacial score (nSPS) is 17.3. The predicted molar refractivity (Wildman–Crippen MR) is 93.4 cm³/mol. The van der Waals surface area contributed by atoms with Gasteiger partial charge in [0.15, 0.2) is 5.69 Å². The highest BCUT2D eigenvalue weighted by atomic mass is 32.1. The molecule has 1 saturated heterocycles. The number of carbonyl (C=O) groups is 1. The van der Waals surface area contributed by atoms with E-state index >= 15 is 0 Å². The van der Waals surface area contributed by atoms with Crippen molar-refractivity contribution < 1.29 is 14.3 Å². The Morgan fingerprint density at radius 3 is 3.21 bits per heavy atom. The summed E-state index contributed by atoms with van der Waals surface area (Å²) in [5.74, 6) is -0.162. The first-order valence-electron chi connectivity index (χ1n) is 8.32. The molecule has 130 valence electrons. The predicted octanol–water partition coefficient (Wildman–Crippen LogP) is 2.76. The monoisotopic (exact) mass is 349 g/mol. The van der Waals surface area contributed by atoms with Crippen LogP contribution >= 0.6 is 11.3 Å². The van der Waals surface area contributed by atoms with E-state index in [0.717, 1.165) is 36.4 Å². The molecule has 0 radical (unpaired) electrons.